The van der Waals surface area contributed by atoms with E-state index in [4.69, 9.17) is 4.98 Å². The molecule has 0 aliphatic rings. The van der Waals surface area contributed by atoms with E-state index in [0.29, 0.717) is 36.2 Å². The number of aromatic nitrogens is 5. The summed E-state index contributed by atoms with van der Waals surface area (Å²) in [5.74, 6) is -0.214. The Morgan fingerprint density at radius 2 is 1.40 bits per heavy atom. The maximum atomic E-state index is 13.9. The third-order valence-electron chi connectivity index (χ3n) is 6.59. The Hall–Kier alpha value is -3.69. The van der Waals surface area contributed by atoms with Crippen molar-refractivity contribution in [3.8, 4) is 11.3 Å². The molecule has 45 heavy (non-hydrogen) atoms. The lowest BCUT2D eigenvalue weighted by molar-refractivity contribution is -0.143. The highest BCUT2D eigenvalue weighted by atomic mass is 32.1. The van der Waals surface area contributed by atoms with Crippen LogP contribution >= 0.6 is 11.3 Å². The number of hydrogen-bond donors (Lipinski definition) is 0. The summed E-state index contributed by atoms with van der Waals surface area (Å²) in [6.45, 7) is 6.91. The minimum Gasteiger partial charge on any atom is -0.330 e. The van der Waals surface area contributed by atoms with Gasteiger partial charge < -0.3 is 4.90 Å². The fourth-order valence-corrected chi connectivity index (χ4v) is 5.97. The summed E-state index contributed by atoms with van der Waals surface area (Å²) in [5.41, 5.74) is -3.72. The van der Waals surface area contributed by atoms with Crippen molar-refractivity contribution in [1.82, 2.24) is 25.2 Å². The van der Waals surface area contributed by atoms with Gasteiger partial charge in [-0.3, -0.25) is 0 Å². The van der Waals surface area contributed by atoms with Crippen molar-refractivity contribution in [1.29, 1.82) is 0 Å². The third-order valence-corrected chi connectivity index (χ3v) is 7.79. The zero-order valence-corrected chi connectivity index (χ0v) is 25.6. The SMILES string of the molecule is CCc1sc(CC(C)(C)C)nc1-c1ccc(C(F)(F)F)cc1CN(Cc1cc(C(F)(F)F)cc(C(F)(F)F)c1)c1nnn(C)n1. The van der Waals surface area contributed by atoms with E-state index in [0.717, 1.165) is 26.8 Å². The van der Waals surface area contributed by atoms with Crippen molar-refractivity contribution in [3.05, 3.63) is 74.1 Å². The summed E-state index contributed by atoms with van der Waals surface area (Å²) in [7, 11) is 1.38. The molecule has 0 fully saturated rings. The van der Waals surface area contributed by atoms with E-state index in [2.05, 4.69) is 15.4 Å². The van der Waals surface area contributed by atoms with Crippen LogP contribution in [0.3, 0.4) is 0 Å². The molecule has 0 aliphatic heterocycles. The van der Waals surface area contributed by atoms with Gasteiger partial charge in [0.1, 0.15) is 0 Å². The Bertz CT molecular complexity index is 1610. The van der Waals surface area contributed by atoms with Gasteiger partial charge in [-0.05, 0) is 58.5 Å². The zero-order chi connectivity index (χ0) is 33.5. The Balaban J connectivity index is 1.87. The first-order valence-electron chi connectivity index (χ1n) is 13.6. The highest BCUT2D eigenvalue weighted by Crippen LogP contribution is 2.39. The highest BCUT2D eigenvalue weighted by molar-refractivity contribution is 7.12. The number of anilines is 1. The molecular formula is C29H29F9N6S. The van der Waals surface area contributed by atoms with E-state index < -0.39 is 53.9 Å². The molecule has 244 valence electrons. The first-order chi connectivity index (χ1) is 20.6. The molecule has 0 bridgehead atoms. The Kier molecular flexibility index (Phi) is 9.31. The Morgan fingerprint density at radius 3 is 1.89 bits per heavy atom. The predicted molar refractivity (Wildman–Crippen MR) is 150 cm³/mol. The molecule has 2 aromatic heterocycles. The first-order valence-corrected chi connectivity index (χ1v) is 14.4. The van der Waals surface area contributed by atoms with Crippen LogP contribution in [-0.4, -0.2) is 25.2 Å². The number of alkyl halides is 9. The average molecular weight is 665 g/mol. The average Bonchev–Trinajstić information content (AvgIpc) is 3.51. The number of nitrogens with zero attached hydrogens (tertiary/aromatic N) is 6. The first kappa shape index (κ1) is 34.2. The van der Waals surface area contributed by atoms with Gasteiger partial charge in [-0.15, -0.1) is 16.4 Å². The molecule has 6 nitrogen and oxygen atoms in total. The molecule has 0 unspecified atom stereocenters. The van der Waals surface area contributed by atoms with Gasteiger partial charge in [0, 0.05) is 30.0 Å². The highest BCUT2D eigenvalue weighted by Gasteiger charge is 2.37. The minimum absolute atomic E-state index is 0.00299. The molecule has 4 rings (SSSR count). The van der Waals surface area contributed by atoms with E-state index in [1.807, 2.05) is 27.7 Å². The molecule has 0 aliphatic carbocycles. The van der Waals surface area contributed by atoms with Crippen LogP contribution in [0.2, 0.25) is 0 Å². The maximum Gasteiger partial charge on any atom is 0.416 e. The number of aryl methyl sites for hydroxylation is 2. The van der Waals surface area contributed by atoms with E-state index >= 15 is 0 Å². The maximum absolute atomic E-state index is 13.9. The summed E-state index contributed by atoms with van der Waals surface area (Å²) in [6.07, 6.45) is -13.8. The topological polar surface area (TPSA) is 59.7 Å². The van der Waals surface area contributed by atoms with Crippen molar-refractivity contribution in [2.45, 2.75) is 72.2 Å². The summed E-state index contributed by atoms with van der Waals surface area (Å²) in [4.78, 5) is 7.75. The molecule has 0 saturated carbocycles. The lowest BCUT2D eigenvalue weighted by atomic mass is 9.93. The van der Waals surface area contributed by atoms with E-state index in [9.17, 15) is 39.5 Å². The Morgan fingerprint density at radius 1 is 0.800 bits per heavy atom. The van der Waals surface area contributed by atoms with E-state index in [-0.39, 0.29) is 23.0 Å². The van der Waals surface area contributed by atoms with Crippen molar-refractivity contribution >= 4 is 17.3 Å². The van der Waals surface area contributed by atoms with Gasteiger partial charge in [0.2, 0.25) is 0 Å². The van der Waals surface area contributed by atoms with Gasteiger partial charge in [-0.1, -0.05) is 38.9 Å². The molecule has 0 amide bonds. The molecule has 2 heterocycles. The van der Waals surface area contributed by atoms with Crippen molar-refractivity contribution < 1.29 is 39.5 Å². The fraction of sp³-hybridized carbons (Fsp3) is 0.448. The number of thiazole rings is 1. The molecule has 0 spiro atoms. The summed E-state index contributed by atoms with van der Waals surface area (Å²) in [6, 6.07) is 4.20. The van der Waals surface area contributed by atoms with Crippen LogP contribution in [0.1, 0.15) is 65.4 Å². The van der Waals surface area contributed by atoms with E-state index in [1.165, 1.54) is 29.4 Å². The standard InChI is InChI=1S/C29H29F9N6S/c1-6-22-24(39-23(45-22)13-26(2,3)4)21-8-7-18(27(30,31)32)11-17(21)15-44(25-40-42-43(5)41-25)14-16-9-19(28(33,34)35)12-20(10-16)29(36,37)38/h7-12H,6,13-15H2,1-5H3. The minimum atomic E-state index is -5.09. The van der Waals surface area contributed by atoms with Crippen molar-refractivity contribution in [2.24, 2.45) is 12.5 Å². The fourth-order valence-electron chi connectivity index (χ4n) is 4.65. The zero-order valence-electron chi connectivity index (χ0n) is 24.8. The van der Waals surface area contributed by atoms with Crippen LogP contribution in [0, 0.1) is 5.41 Å². The van der Waals surface area contributed by atoms with Gasteiger partial charge in [0.25, 0.3) is 5.95 Å². The quantitative estimate of drug-likeness (QED) is 0.176. The molecular weight excluding hydrogens is 635 g/mol. The summed E-state index contributed by atoms with van der Waals surface area (Å²) >= 11 is 1.43. The summed E-state index contributed by atoms with van der Waals surface area (Å²) in [5, 5.41) is 12.4. The molecule has 0 saturated heterocycles. The number of benzene rings is 2. The van der Waals surface area contributed by atoms with Crippen LogP contribution in [0.15, 0.2) is 36.4 Å². The van der Waals surface area contributed by atoms with Crippen LogP contribution in [0.25, 0.3) is 11.3 Å². The molecule has 0 radical (unpaired) electrons. The number of tetrazole rings is 1. The van der Waals surface area contributed by atoms with Crippen LogP contribution in [-0.2, 0) is 51.5 Å². The lowest BCUT2D eigenvalue weighted by Crippen LogP contribution is -2.25. The van der Waals surface area contributed by atoms with Crippen molar-refractivity contribution in [3.63, 3.8) is 0 Å². The van der Waals surface area contributed by atoms with Crippen LogP contribution in [0.5, 0.6) is 0 Å². The molecule has 0 N–H and O–H groups in total. The van der Waals surface area contributed by atoms with Gasteiger partial charge in [0.15, 0.2) is 0 Å². The monoisotopic (exact) mass is 664 g/mol. The van der Waals surface area contributed by atoms with Gasteiger partial charge in [-0.2, -0.15) is 44.3 Å². The lowest BCUT2D eigenvalue weighted by Gasteiger charge is -2.24. The third kappa shape index (κ3) is 8.52. The van der Waals surface area contributed by atoms with Crippen molar-refractivity contribution in [2.75, 3.05) is 4.90 Å². The predicted octanol–water partition coefficient (Wildman–Crippen LogP) is 8.75. The second-order valence-electron chi connectivity index (χ2n) is 11.7. The van der Waals surface area contributed by atoms with E-state index in [1.54, 1.807) is 0 Å². The normalized spacial score (nSPS) is 13.0. The second-order valence-corrected chi connectivity index (χ2v) is 12.9. The molecule has 0 atom stereocenters. The molecule has 16 heteroatoms. The number of rotatable bonds is 8. The van der Waals surface area contributed by atoms with Gasteiger partial charge >= 0.3 is 18.5 Å². The molecule has 4 aromatic rings. The summed E-state index contributed by atoms with van der Waals surface area (Å²) < 4.78 is 123. The van der Waals surface area contributed by atoms with Gasteiger partial charge in [-0.25, -0.2) is 4.98 Å². The largest absolute Gasteiger partial charge is 0.416 e. The Labute approximate surface area is 256 Å². The smallest absolute Gasteiger partial charge is 0.330 e. The second kappa shape index (κ2) is 12.2. The van der Waals surface area contributed by atoms with Gasteiger partial charge in [0.05, 0.1) is 34.4 Å². The van der Waals surface area contributed by atoms with Crippen LogP contribution < -0.4 is 4.90 Å². The number of halogens is 9. The molecule has 2 aromatic carbocycles. The number of hydrogen-bond acceptors (Lipinski definition) is 6. The van der Waals surface area contributed by atoms with Crippen LogP contribution in [0.4, 0.5) is 45.5 Å².